The van der Waals surface area contributed by atoms with Gasteiger partial charge in [-0.25, -0.2) is 17.6 Å². The number of hydrogen-bond acceptors (Lipinski definition) is 5. The number of nitrogens with one attached hydrogen (secondary N) is 2. The predicted molar refractivity (Wildman–Crippen MR) is 111 cm³/mol. The molecule has 3 aromatic rings. The fraction of sp³-hybridized carbons (Fsp3) is 0.286. The summed E-state index contributed by atoms with van der Waals surface area (Å²) in [5.41, 5.74) is 1.34. The minimum absolute atomic E-state index is 0.211. The van der Waals surface area contributed by atoms with E-state index < -0.39 is 21.9 Å². The molecule has 160 valence electrons. The zero-order valence-electron chi connectivity index (χ0n) is 16.9. The molecule has 2 aromatic carbocycles. The Kier molecular flexibility index (Phi) is 6.31. The van der Waals surface area contributed by atoms with Gasteiger partial charge in [0.2, 0.25) is 0 Å². The summed E-state index contributed by atoms with van der Waals surface area (Å²) < 4.78 is 47.6. The predicted octanol–water partition coefficient (Wildman–Crippen LogP) is 3.72. The number of furan rings is 1. The number of amides is 2. The molecule has 1 heterocycles. The highest BCUT2D eigenvalue weighted by molar-refractivity contribution is 7.90. The second kappa shape index (κ2) is 8.74. The van der Waals surface area contributed by atoms with Crippen LogP contribution in [-0.2, 0) is 9.84 Å². The molecule has 2 N–H and O–H groups in total. The van der Waals surface area contributed by atoms with Gasteiger partial charge in [-0.15, -0.1) is 0 Å². The van der Waals surface area contributed by atoms with Gasteiger partial charge in [-0.2, -0.15) is 0 Å². The van der Waals surface area contributed by atoms with Crippen molar-refractivity contribution in [2.75, 3.05) is 19.4 Å². The number of sulfone groups is 1. The van der Waals surface area contributed by atoms with Crippen LogP contribution in [0, 0.1) is 12.7 Å². The summed E-state index contributed by atoms with van der Waals surface area (Å²) in [4.78, 5) is 12.3. The van der Waals surface area contributed by atoms with E-state index in [9.17, 15) is 17.6 Å². The number of carbonyl (C=O) groups is 1. The number of hydrogen-bond donors (Lipinski definition) is 2. The van der Waals surface area contributed by atoms with Gasteiger partial charge in [-0.05, 0) is 56.3 Å². The van der Waals surface area contributed by atoms with E-state index in [0.29, 0.717) is 22.5 Å². The second-order valence-electron chi connectivity index (χ2n) is 6.95. The van der Waals surface area contributed by atoms with Crippen molar-refractivity contribution < 1.29 is 26.8 Å². The number of aryl methyl sites for hydroxylation is 1. The molecule has 0 radical (unpaired) electrons. The molecule has 0 fully saturated rings. The van der Waals surface area contributed by atoms with Crippen LogP contribution in [0.2, 0.25) is 0 Å². The molecule has 7 nitrogen and oxygen atoms in total. The molecule has 0 aliphatic heterocycles. The lowest BCUT2D eigenvalue weighted by atomic mass is 10.1. The van der Waals surface area contributed by atoms with E-state index >= 15 is 0 Å². The minimum Gasteiger partial charge on any atom is -0.492 e. The summed E-state index contributed by atoms with van der Waals surface area (Å²) in [6, 6.07) is 9.54. The van der Waals surface area contributed by atoms with Crippen LogP contribution >= 0.6 is 0 Å². The van der Waals surface area contributed by atoms with Crippen molar-refractivity contribution in [1.82, 2.24) is 10.6 Å². The molecular formula is C21H23FN2O5S. The first kappa shape index (κ1) is 21.6. The smallest absolute Gasteiger partial charge is 0.315 e. The maximum Gasteiger partial charge on any atom is 0.315 e. The maximum absolute atomic E-state index is 13.4. The van der Waals surface area contributed by atoms with Crippen LogP contribution in [0.25, 0.3) is 11.0 Å². The first-order chi connectivity index (χ1) is 14.1. The van der Waals surface area contributed by atoms with E-state index in [1.807, 2.05) is 6.92 Å². The zero-order valence-corrected chi connectivity index (χ0v) is 17.7. The van der Waals surface area contributed by atoms with Crippen molar-refractivity contribution in [2.45, 2.75) is 24.8 Å². The van der Waals surface area contributed by atoms with E-state index in [1.165, 1.54) is 24.3 Å². The highest BCUT2D eigenvalue weighted by Crippen LogP contribution is 2.29. The third-order valence-electron chi connectivity index (χ3n) is 4.58. The molecule has 30 heavy (non-hydrogen) atoms. The zero-order chi connectivity index (χ0) is 21.9. The van der Waals surface area contributed by atoms with E-state index in [4.69, 9.17) is 9.15 Å². The number of carbonyl (C=O) groups excluding carboxylic acids is 1. The molecule has 0 bridgehead atoms. The van der Waals surface area contributed by atoms with Crippen molar-refractivity contribution >= 4 is 26.8 Å². The van der Waals surface area contributed by atoms with E-state index in [0.717, 1.165) is 11.8 Å². The van der Waals surface area contributed by atoms with Gasteiger partial charge < -0.3 is 19.8 Å². The average molecular weight is 434 g/mol. The Morgan fingerprint density at radius 1 is 1.20 bits per heavy atom. The van der Waals surface area contributed by atoms with E-state index in [-0.39, 0.29) is 23.9 Å². The molecule has 1 unspecified atom stereocenters. The van der Waals surface area contributed by atoms with Crippen LogP contribution < -0.4 is 15.4 Å². The van der Waals surface area contributed by atoms with Gasteiger partial charge in [0, 0.05) is 17.2 Å². The lowest BCUT2D eigenvalue weighted by molar-refractivity contribution is 0.232. The molecule has 2 amide bonds. The first-order valence-electron chi connectivity index (χ1n) is 9.31. The number of fused-ring (bicyclic) bond motifs is 1. The SMILES string of the molecule is Cc1c(C(C)NC(=O)NCCOc2ccc(S(C)(=O)=O)cc2)oc2ccc(F)cc12. The largest absolute Gasteiger partial charge is 0.492 e. The fourth-order valence-corrected chi connectivity index (χ4v) is 3.69. The summed E-state index contributed by atoms with van der Waals surface area (Å²) >= 11 is 0. The molecule has 0 aliphatic rings. The molecule has 3 rings (SSSR count). The Bertz CT molecular complexity index is 1160. The van der Waals surface area contributed by atoms with Crippen LogP contribution in [-0.4, -0.2) is 33.9 Å². The Morgan fingerprint density at radius 3 is 2.57 bits per heavy atom. The van der Waals surface area contributed by atoms with Gasteiger partial charge in [0.25, 0.3) is 0 Å². The molecule has 0 saturated heterocycles. The fourth-order valence-electron chi connectivity index (χ4n) is 3.05. The van der Waals surface area contributed by atoms with Crippen molar-refractivity contribution in [2.24, 2.45) is 0 Å². The molecule has 0 spiro atoms. The topological polar surface area (TPSA) is 97.6 Å². The third kappa shape index (κ3) is 5.10. The Balaban J connectivity index is 1.48. The summed E-state index contributed by atoms with van der Waals surface area (Å²) in [5.74, 6) is 0.721. The van der Waals surface area contributed by atoms with Crippen molar-refractivity contribution in [1.29, 1.82) is 0 Å². The molecule has 0 aliphatic carbocycles. The molecule has 9 heteroatoms. The van der Waals surface area contributed by atoms with Gasteiger partial charge in [0.15, 0.2) is 9.84 Å². The number of benzene rings is 2. The van der Waals surface area contributed by atoms with Crippen molar-refractivity contribution in [3.8, 4) is 5.75 Å². The lowest BCUT2D eigenvalue weighted by Crippen LogP contribution is -2.39. The molecule has 1 aromatic heterocycles. The Hall–Kier alpha value is -3.07. The minimum atomic E-state index is -3.25. The number of urea groups is 1. The van der Waals surface area contributed by atoms with Crippen LogP contribution in [0.1, 0.15) is 24.3 Å². The first-order valence-corrected chi connectivity index (χ1v) is 11.2. The Labute approximate surface area is 174 Å². The van der Waals surface area contributed by atoms with E-state index in [2.05, 4.69) is 10.6 Å². The van der Waals surface area contributed by atoms with Crippen molar-refractivity contribution in [3.63, 3.8) is 0 Å². The summed E-state index contributed by atoms with van der Waals surface area (Å²) in [5, 5.41) is 6.13. The average Bonchev–Trinajstić information content (AvgIpc) is 3.01. The summed E-state index contributed by atoms with van der Waals surface area (Å²) in [6.45, 7) is 4.06. The lowest BCUT2D eigenvalue weighted by Gasteiger charge is -2.14. The van der Waals surface area contributed by atoms with E-state index in [1.54, 1.807) is 25.1 Å². The number of halogens is 1. The maximum atomic E-state index is 13.4. The highest BCUT2D eigenvalue weighted by Gasteiger charge is 2.18. The van der Waals surface area contributed by atoms with Gasteiger partial charge in [0.1, 0.15) is 29.5 Å². The molecule has 1 atom stereocenters. The summed E-state index contributed by atoms with van der Waals surface area (Å²) in [7, 11) is -3.25. The quantitative estimate of drug-likeness (QED) is 0.553. The second-order valence-corrected chi connectivity index (χ2v) is 8.96. The number of rotatable bonds is 7. The van der Waals surface area contributed by atoms with Crippen LogP contribution in [0.5, 0.6) is 5.75 Å². The third-order valence-corrected chi connectivity index (χ3v) is 5.71. The van der Waals surface area contributed by atoms with Crippen LogP contribution in [0.4, 0.5) is 9.18 Å². The summed E-state index contributed by atoms with van der Waals surface area (Å²) in [6.07, 6.45) is 1.14. The molecule has 0 saturated carbocycles. The van der Waals surface area contributed by atoms with Gasteiger partial charge in [-0.1, -0.05) is 0 Å². The number of ether oxygens (including phenoxy) is 1. The van der Waals surface area contributed by atoms with Crippen molar-refractivity contribution in [3.05, 3.63) is 59.6 Å². The van der Waals surface area contributed by atoms with Crippen LogP contribution in [0.15, 0.2) is 51.8 Å². The normalized spacial score (nSPS) is 12.5. The van der Waals surface area contributed by atoms with Crippen LogP contribution in [0.3, 0.4) is 0 Å². The highest BCUT2D eigenvalue weighted by atomic mass is 32.2. The standard InChI is InChI=1S/C21H23FN2O5S/c1-13-18-12-15(22)4-9-19(18)29-20(13)14(2)24-21(25)23-10-11-28-16-5-7-17(8-6-16)30(3,26)27/h4-9,12,14H,10-11H2,1-3H3,(H2,23,24,25). The van der Waals surface area contributed by atoms with Gasteiger partial charge in [0.05, 0.1) is 17.5 Å². The monoisotopic (exact) mass is 434 g/mol. The Morgan fingerprint density at radius 2 is 1.90 bits per heavy atom. The van der Waals surface area contributed by atoms with Gasteiger partial charge in [-0.3, -0.25) is 0 Å². The molecular weight excluding hydrogens is 411 g/mol. The van der Waals surface area contributed by atoms with Gasteiger partial charge >= 0.3 is 6.03 Å².